The number of hydrazone groups is 1. The zero-order chi connectivity index (χ0) is 15.5. The number of halogens is 2. The molecular formula is C16H11Cl2N3O. The summed E-state index contributed by atoms with van der Waals surface area (Å²) >= 11 is 11.9. The number of aromatic amines is 1. The van der Waals surface area contributed by atoms with Crippen LogP contribution in [0.3, 0.4) is 0 Å². The lowest BCUT2D eigenvalue weighted by Crippen LogP contribution is -2.17. The van der Waals surface area contributed by atoms with Crippen LogP contribution in [0.25, 0.3) is 10.9 Å². The summed E-state index contributed by atoms with van der Waals surface area (Å²) in [7, 11) is 0. The lowest BCUT2D eigenvalue weighted by Gasteiger charge is -2.00. The van der Waals surface area contributed by atoms with Crippen LogP contribution in [-0.2, 0) is 0 Å². The van der Waals surface area contributed by atoms with Gasteiger partial charge in [-0.05, 0) is 18.2 Å². The Bertz CT molecular complexity index is 871. The van der Waals surface area contributed by atoms with Crippen LogP contribution in [0.15, 0.2) is 53.8 Å². The third-order valence-electron chi connectivity index (χ3n) is 3.17. The minimum absolute atomic E-state index is 0.293. The maximum absolute atomic E-state index is 12.2. The number of H-pyrrole nitrogens is 1. The van der Waals surface area contributed by atoms with E-state index in [0.29, 0.717) is 21.2 Å². The molecule has 0 bridgehead atoms. The van der Waals surface area contributed by atoms with E-state index in [0.717, 1.165) is 10.9 Å². The second-order valence-corrected chi connectivity index (χ2v) is 5.46. The molecule has 0 aliphatic rings. The van der Waals surface area contributed by atoms with Crippen molar-refractivity contribution in [1.29, 1.82) is 0 Å². The highest BCUT2D eigenvalue weighted by molar-refractivity contribution is 6.36. The van der Waals surface area contributed by atoms with E-state index in [9.17, 15) is 4.79 Å². The van der Waals surface area contributed by atoms with E-state index in [4.69, 9.17) is 23.2 Å². The largest absolute Gasteiger partial charge is 0.360 e. The van der Waals surface area contributed by atoms with Crippen LogP contribution in [0.2, 0.25) is 10.0 Å². The summed E-state index contributed by atoms with van der Waals surface area (Å²) in [6, 6.07) is 12.6. The van der Waals surface area contributed by atoms with E-state index in [1.54, 1.807) is 24.4 Å². The summed E-state index contributed by atoms with van der Waals surface area (Å²) in [5.41, 5.74) is 4.60. The summed E-state index contributed by atoms with van der Waals surface area (Å²) in [5.74, 6) is -0.293. The van der Waals surface area contributed by atoms with Gasteiger partial charge in [-0.1, -0.05) is 47.5 Å². The van der Waals surface area contributed by atoms with Gasteiger partial charge in [-0.15, -0.1) is 0 Å². The Morgan fingerprint density at radius 1 is 1.18 bits per heavy atom. The number of hydrogen-bond donors (Lipinski definition) is 2. The SMILES string of the molecule is O=C(NN=Cc1ccc(Cl)cc1Cl)c1c[nH]c2ccccc12. The van der Waals surface area contributed by atoms with Gasteiger partial charge >= 0.3 is 0 Å². The van der Waals surface area contributed by atoms with Gasteiger partial charge in [-0.25, -0.2) is 5.43 Å². The fourth-order valence-corrected chi connectivity index (χ4v) is 2.54. The first-order chi connectivity index (χ1) is 10.6. The molecule has 0 saturated carbocycles. The molecule has 22 heavy (non-hydrogen) atoms. The maximum atomic E-state index is 12.2. The van der Waals surface area contributed by atoms with E-state index in [1.807, 2.05) is 24.3 Å². The standard InChI is InChI=1S/C16H11Cl2N3O/c17-11-6-5-10(14(18)7-11)8-20-21-16(22)13-9-19-15-4-2-1-3-12(13)15/h1-9,19H,(H,21,22). The number of rotatable bonds is 3. The molecule has 4 nitrogen and oxygen atoms in total. The highest BCUT2D eigenvalue weighted by Gasteiger charge is 2.10. The summed E-state index contributed by atoms with van der Waals surface area (Å²) < 4.78 is 0. The van der Waals surface area contributed by atoms with E-state index >= 15 is 0 Å². The van der Waals surface area contributed by atoms with Crippen LogP contribution in [0.5, 0.6) is 0 Å². The Balaban J connectivity index is 1.76. The smallest absolute Gasteiger partial charge is 0.273 e. The van der Waals surface area contributed by atoms with Crippen molar-refractivity contribution < 1.29 is 4.79 Å². The first kappa shape index (κ1) is 14.6. The molecule has 0 atom stereocenters. The van der Waals surface area contributed by atoms with Crippen LogP contribution < -0.4 is 5.43 Å². The molecule has 110 valence electrons. The molecule has 6 heteroatoms. The summed E-state index contributed by atoms with van der Waals surface area (Å²) in [6.45, 7) is 0. The highest BCUT2D eigenvalue weighted by atomic mass is 35.5. The lowest BCUT2D eigenvalue weighted by atomic mass is 10.2. The average Bonchev–Trinajstić information content (AvgIpc) is 2.93. The van der Waals surface area contributed by atoms with Crippen LogP contribution in [0.1, 0.15) is 15.9 Å². The quantitative estimate of drug-likeness (QED) is 0.547. The van der Waals surface area contributed by atoms with Crippen molar-refractivity contribution in [2.45, 2.75) is 0 Å². The van der Waals surface area contributed by atoms with Crippen molar-refractivity contribution >= 4 is 46.2 Å². The molecule has 0 fully saturated rings. The first-order valence-electron chi connectivity index (χ1n) is 6.50. The van der Waals surface area contributed by atoms with Gasteiger partial charge in [0, 0.05) is 27.7 Å². The maximum Gasteiger partial charge on any atom is 0.273 e. The Hall–Kier alpha value is -2.30. The topological polar surface area (TPSA) is 57.2 Å². The highest BCUT2D eigenvalue weighted by Crippen LogP contribution is 2.19. The number of carbonyl (C=O) groups excluding carboxylic acids is 1. The number of nitrogens with zero attached hydrogens (tertiary/aromatic N) is 1. The van der Waals surface area contributed by atoms with E-state index in [1.165, 1.54) is 6.21 Å². The van der Waals surface area contributed by atoms with Gasteiger partial charge in [0.2, 0.25) is 0 Å². The molecule has 3 rings (SSSR count). The molecule has 1 aromatic heterocycles. The first-order valence-corrected chi connectivity index (χ1v) is 7.25. The Morgan fingerprint density at radius 3 is 2.82 bits per heavy atom. The minimum atomic E-state index is -0.293. The summed E-state index contributed by atoms with van der Waals surface area (Å²) in [6.07, 6.45) is 3.14. The molecule has 2 aromatic carbocycles. The molecule has 0 spiro atoms. The lowest BCUT2D eigenvalue weighted by molar-refractivity contribution is 0.0957. The number of benzene rings is 2. The number of aromatic nitrogens is 1. The number of carbonyl (C=O) groups is 1. The second-order valence-electron chi connectivity index (χ2n) is 4.61. The van der Waals surface area contributed by atoms with Gasteiger partial charge in [0.05, 0.1) is 16.8 Å². The third-order valence-corrected chi connectivity index (χ3v) is 3.73. The fourth-order valence-electron chi connectivity index (χ4n) is 2.09. The Morgan fingerprint density at radius 2 is 2.00 bits per heavy atom. The van der Waals surface area contributed by atoms with Crippen molar-refractivity contribution in [3.05, 3.63) is 69.8 Å². The van der Waals surface area contributed by atoms with Crippen molar-refractivity contribution in [2.75, 3.05) is 0 Å². The van der Waals surface area contributed by atoms with Crippen LogP contribution >= 0.6 is 23.2 Å². The second kappa shape index (κ2) is 6.22. The van der Waals surface area contributed by atoms with Crippen molar-refractivity contribution in [1.82, 2.24) is 10.4 Å². The predicted molar refractivity (Wildman–Crippen MR) is 89.8 cm³/mol. The zero-order valence-corrected chi connectivity index (χ0v) is 12.8. The van der Waals surface area contributed by atoms with E-state index in [2.05, 4.69) is 15.5 Å². The third kappa shape index (κ3) is 2.98. The van der Waals surface area contributed by atoms with Gasteiger partial charge in [0.25, 0.3) is 5.91 Å². The molecule has 0 unspecified atom stereocenters. The number of fused-ring (bicyclic) bond motifs is 1. The minimum Gasteiger partial charge on any atom is -0.360 e. The van der Waals surface area contributed by atoms with Crippen LogP contribution in [0.4, 0.5) is 0 Å². The van der Waals surface area contributed by atoms with Crippen molar-refractivity contribution in [3.8, 4) is 0 Å². The van der Waals surface area contributed by atoms with Crippen LogP contribution in [0, 0.1) is 0 Å². The predicted octanol–water partition coefficient (Wildman–Crippen LogP) is 4.24. The van der Waals surface area contributed by atoms with Gasteiger partial charge in [-0.3, -0.25) is 4.79 Å². The number of hydrogen-bond acceptors (Lipinski definition) is 2. The van der Waals surface area contributed by atoms with Gasteiger partial charge in [0.15, 0.2) is 0 Å². The van der Waals surface area contributed by atoms with Crippen molar-refractivity contribution in [2.24, 2.45) is 5.10 Å². The monoisotopic (exact) mass is 331 g/mol. The number of para-hydroxylation sites is 1. The van der Waals surface area contributed by atoms with Crippen LogP contribution in [-0.4, -0.2) is 17.1 Å². The molecule has 1 amide bonds. The average molecular weight is 332 g/mol. The van der Waals surface area contributed by atoms with Gasteiger partial charge in [0.1, 0.15) is 0 Å². The normalized spacial score (nSPS) is 11.2. The van der Waals surface area contributed by atoms with Gasteiger partial charge in [-0.2, -0.15) is 5.10 Å². The molecule has 0 aliphatic heterocycles. The Labute approximate surface area is 136 Å². The van der Waals surface area contributed by atoms with E-state index in [-0.39, 0.29) is 5.91 Å². The van der Waals surface area contributed by atoms with Crippen molar-refractivity contribution in [3.63, 3.8) is 0 Å². The molecular weight excluding hydrogens is 321 g/mol. The van der Waals surface area contributed by atoms with E-state index < -0.39 is 0 Å². The molecule has 3 aromatic rings. The summed E-state index contributed by atoms with van der Waals surface area (Å²) in [5, 5.41) is 5.79. The zero-order valence-electron chi connectivity index (χ0n) is 11.3. The van der Waals surface area contributed by atoms with Gasteiger partial charge < -0.3 is 4.98 Å². The molecule has 0 saturated heterocycles. The summed E-state index contributed by atoms with van der Waals surface area (Å²) in [4.78, 5) is 15.2. The molecule has 2 N–H and O–H groups in total. The molecule has 0 aliphatic carbocycles. The fraction of sp³-hybridized carbons (Fsp3) is 0. The molecule has 1 heterocycles. The number of amides is 1. The number of nitrogens with one attached hydrogen (secondary N) is 2. The Kier molecular flexibility index (Phi) is 4.13. The molecule has 0 radical (unpaired) electrons.